The van der Waals surface area contributed by atoms with E-state index in [1.165, 1.54) is 10.9 Å². The van der Waals surface area contributed by atoms with Gasteiger partial charge in [-0.2, -0.15) is 5.10 Å². The van der Waals surface area contributed by atoms with E-state index in [1.54, 1.807) is 11.3 Å². The summed E-state index contributed by atoms with van der Waals surface area (Å²) in [5.74, 6) is 0. The lowest BCUT2D eigenvalue weighted by Gasteiger charge is -2.23. The number of nitrogens with one attached hydrogen (secondary N) is 1. The number of fused-ring (bicyclic) bond motifs is 1. The van der Waals surface area contributed by atoms with Crippen molar-refractivity contribution < 1.29 is 0 Å². The molecule has 4 nitrogen and oxygen atoms in total. The lowest BCUT2D eigenvalue weighted by Crippen LogP contribution is -2.36. The van der Waals surface area contributed by atoms with Crippen LogP contribution in [-0.4, -0.2) is 14.8 Å². The van der Waals surface area contributed by atoms with Crippen LogP contribution in [0.1, 0.15) is 31.5 Å². The third kappa shape index (κ3) is 2.71. The molecular weight excluding hydrogens is 280 g/mol. The zero-order chi connectivity index (χ0) is 14.9. The molecule has 0 saturated heterocycles. The molecule has 0 amide bonds. The minimum absolute atomic E-state index is 0.148. The molecular formula is C16H20N4S. The molecule has 110 valence electrons. The number of aromatic nitrogens is 3. The van der Waals surface area contributed by atoms with Gasteiger partial charge in [-0.3, -0.25) is 4.68 Å². The maximum atomic E-state index is 4.73. The minimum Gasteiger partial charge on any atom is -0.300 e. The second-order valence-corrected chi connectivity index (χ2v) is 6.49. The molecule has 5 heteroatoms. The van der Waals surface area contributed by atoms with Crippen LogP contribution >= 0.6 is 11.3 Å². The third-order valence-electron chi connectivity index (χ3n) is 3.70. The van der Waals surface area contributed by atoms with Crippen LogP contribution < -0.4 is 5.32 Å². The molecule has 3 aromatic rings. The fourth-order valence-electron chi connectivity index (χ4n) is 2.48. The lowest BCUT2D eigenvalue weighted by atomic mass is 10.1. The predicted octanol–water partition coefficient (Wildman–Crippen LogP) is 3.54. The van der Waals surface area contributed by atoms with Crippen LogP contribution in [-0.2, 0) is 18.6 Å². The topological polar surface area (TPSA) is 42.7 Å². The van der Waals surface area contributed by atoms with Crippen molar-refractivity contribution in [1.29, 1.82) is 0 Å². The smallest absolute Gasteiger partial charge is 0.112 e. The Morgan fingerprint density at radius 2 is 2.10 bits per heavy atom. The molecule has 21 heavy (non-hydrogen) atoms. The summed E-state index contributed by atoms with van der Waals surface area (Å²) in [5.41, 5.74) is 2.14. The molecule has 2 aromatic heterocycles. The first kappa shape index (κ1) is 14.2. The van der Waals surface area contributed by atoms with Gasteiger partial charge in [-0.1, -0.05) is 18.2 Å². The SMILES string of the molecule is CCn1nc(CNC(C)(C)c2nccs2)c2ccccc21. The minimum atomic E-state index is -0.148. The first-order valence-corrected chi connectivity index (χ1v) is 8.09. The maximum Gasteiger partial charge on any atom is 0.112 e. The van der Waals surface area contributed by atoms with Gasteiger partial charge in [0.25, 0.3) is 0 Å². The first-order chi connectivity index (χ1) is 10.1. The molecule has 0 unspecified atom stereocenters. The van der Waals surface area contributed by atoms with Crippen LogP contribution in [0.25, 0.3) is 10.9 Å². The van der Waals surface area contributed by atoms with E-state index in [1.807, 2.05) is 11.6 Å². The van der Waals surface area contributed by atoms with E-state index in [0.717, 1.165) is 23.8 Å². The maximum absolute atomic E-state index is 4.73. The predicted molar refractivity (Wildman–Crippen MR) is 87.4 cm³/mol. The molecule has 0 saturated carbocycles. The summed E-state index contributed by atoms with van der Waals surface area (Å²) in [4.78, 5) is 4.41. The van der Waals surface area contributed by atoms with Crippen molar-refractivity contribution in [3.63, 3.8) is 0 Å². The molecule has 0 aliphatic heterocycles. The van der Waals surface area contributed by atoms with Gasteiger partial charge in [0.15, 0.2) is 0 Å². The number of para-hydroxylation sites is 1. The highest BCUT2D eigenvalue weighted by molar-refractivity contribution is 7.09. The van der Waals surface area contributed by atoms with Gasteiger partial charge in [0.2, 0.25) is 0 Å². The van der Waals surface area contributed by atoms with Crippen molar-refractivity contribution in [2.45, 2.75) is 39.4 Å². The molecule has 0 aliphatic carbocycles. The van der Waals surface area contributed by atoms with Crippen molar-refractivity contribution in [1.82, 2.24) is 20.1 Å². The molecule has 0 spiro atoms. The number of hydrogen-bond donors (Lipinski definition) is 1. The average Bonchev–Trinajstić information content (AvgIpc) is 3.14. The second kappa shape index (κ2) is 5.58. The summed E-state index contributed by atoms with van der Waals surface area (Å²) < 4.78 is 2.06. The van der Waals surface area contributed by atoms with E-state index in [-0.39, 0.29) is 5.54 Å². The van der Waals surface area contributed by atoms with Crippen molar-refractivity contribution in [3.8, 4) is 0 Å². The summed E-state index contributed by atoms with van der Waals surface area (Å²) in [6, 6.07) is 8.40. The third-order valence-corrected chi connectivity index (χ3v) is 4.80. The molecule has 0 fully saturated rings. The zero-order valence-corrected chi connectivity index (χ0v) is 13.4. The van der Waals surface area contributed by atoms with Crippen LogP contribution in [0.15, 0.2) is 35.8 Å². The number of aryl methyl sites for hydroxylation is 1. The van der Waals surface area contributed by atoms with Gasteiger partial charge in [-0.05, 0) is 26.8 Å². The van der Waals surface area contributed by atoms with Gasteiger partial charge >= 0.3 is 0 Å². The fraction of sp³-hybridized carbons (Fsp3) is 0.375. The monoisotopic (exact) mass is 300 g/mol. The molecule has 0 radical (unpaired) electrons. The van der Waals surface area contributed by atoms with Gasteiger partial charge in [-0.25, -0.2) is 4.98 Å². The summed E-state index contributed by atoms with van der Waals surface area (Å²) >= 11 is 1.68. The quantitative estimate of drug-likeness (QED) is 0.783. The van der Waals surface area contributed by atoms with Gasteiger partial charge in [-0.15, -0.1) is 11.3 Å². The van der Waals surface area contributed by atoms with Gasteiger partial charge in [0.1, 0.15) is 5.01 Å². The second-order valence-electron chi connectivity index (χ2n) is 5.60. The Hall–Kier alpha value is -1.72. The number of thiazole rings is 1. The number of benzene rings is 1. The molecule has 3 rings (SSSR count). The summed E-state index contributed by atoms with van der Waals surface area (Å²) in [6.45, 7) is 8.06. The summed E-state index contributed by atoms with van der Waals surface area (Å²) in [5, 5.41) is 12.6. The highest BCUT2D eigenvalue weighted by Gasteiger charge is 2.23. The number of hydrogen-bond acceptors (Lipinski definition) is 4. The number of nitrogens with zero attached hydrogens (tertiary/aromatic N) is 3. The highest BCUT2D eigenvalue weighted by atomic mass is 32.1. The Balaban J connectivity index is 1.86. The molecule has 1 N–H and O–H groups in total. The van der Waals surface area contributed by atoms with Crippen molar-refractivity contribution in [3.05, 3.63) is 46.5 Å². The Kier molecular flexibility index (Phi) is 3.78. The average molecular weight is 300 g/mol. The van der Waals surface area contributed by atoms with Crippen molar-refractivity contribution >= 4 is 22.2 Å². The van der Waals surface area contributed by atoms with Crippen LogP contribution in [0.5, 0.6) is 0 Å². The van der Waals surface area contributed by atoms with Crippen LogP contribution in [0.2, 0.25) is 0 Å². The van der Waals surface area contributed by atoms with Gasteiger partial charge in [0, 0.05) is 30.1 Å². The Bertz CT molecular complexity index is 728. The van der Waals surface area contributed by atoms with Crippen molar-refractivity contribution in [2.24, 2.45) is 0 Å². The molecule has 2 heterocycles. The standard InChI is InChI=1S/C16H20N4S/c1-4-20-14-8-6-5-7-12(14)13(19-20)11-18-16(2,3)15-17-9-10-21-15/h5-10,18H,4,11H2,1-3H3. The van der Waals surface area contributed by atoms with E-state index in [4.69, 9.17) is 5.10 Å². The highest BCUT2D eigenvalue weighted by Crippen LogP contribution is 2.24. The van der Waals surface area contributed by atoms with E-state index in [2.05, 4.69) is 60.0 Å². The van der Waals surface area contributed by atoms with Crippen LogP contribution in [0.3, 0.4) is 0 Å². The first-order valence-electron chi connectivity index (χ1n) is 7.21. The van der Waals surface area contributed by atoms with Gasteiger partial charge in [0.05, 0.1) is 16.7 Å². The summed E-state index contributed by atoms with van der Waals surface area (Å²) in [7, 11) is 0. The van der Waals surface area contributed by atoms with E-state index < -0.39 is 0 Å². The van der Waals surface area contributed by atoms with E-state index in [0.29, 0.717) is 0 Å². The van der Waals surface area contributed by atoms with E-state index >= 15 is 0 Å². The largest absolute Gasteiger partial charge is 0.300 e. The molecule has 0 bridgehead atoms. The Labute approximate surface area is 128 Å². The molecule has 0 atom stereocenters. The normalized spacial score (nSPS) is 12.1. The van der Waals surface area contributed by atoms with E-state index in [9.17, 15) is 0 Å². The molecule has 1 aromatic carbocycles. The Morgan fingerprint density at radius 1 is 1.29 bits per heavy atom. The fourth-order valence-corrected chi connectivity index (χ4v) is 3.22. The number of rotatable bonds is 5. The Morgan fingerprint density at radius 3 is 2.81 bits per heavy atom. The molecule has 0 aliphatic rings. The van der Waals surface area contributed by atoms with Gasteiger partial charge < -0.3 is 5.32 Å². The van der Waals surface area contributed by atoms with Crippen LogP contribution in [0, 0.1) is 0 Å². The summed E-state index contributed by atoms with van der Waals surface area (Å²) in [6.07, 6.45) is 1.85. The zero-order valence-electron chi connectivity index (χ0n) is 12.6. The lowest BCUT2D eigenvalue weighted by molar-refractivity contribution is 0.396. The van der Waals surface area contributed by atoms with Crippen LogP contribution in [0.4, 0.5) is 0 Å². The van der Waals surface area contributed by atoms with Crippen molar-refractivity contribution in [2.75, 3.05) is 0 Å².